The molecule has 1 aliphatic rings. The van der Waals surface area contributed by atoms with Crippen molar-refractivity contribution in [2.24, 2.45) is 0 Å². The van der Waals surface area contributed by atoms with Crippen LogP contribution in [0.5, 0.6) is 0 Å². The maximum Gasteiger partial charge on any atom is 0.0386 e. The second-order valence-electron chi connectivity index (χ2n) is 5.28. The van der Waals surface area contributed by atoms with Gasteiger partial charge >= 0.3 is 0 Å². The van der Waals surface area contributed by atoms with Gasteiger partial charge in [-0.2, -0.15) is 0 Å². The topological polar surface area (TPSA) is 0 Å². The number of allylic oxidation sites excluding steroid dienone is 3. The van der Waals surface area contributed by atoms with Crippen molar-refractivity contribution in [3.05, 3.63) is 90.0 Å². The first-order chi connectivity index (χ1) is 9.23. The van der Waals surface area contributed by atoms with Gasteiger partial charge in [0.1, 0.15) is 0 Å². The third-order valence-corrected chi connectivity index (χ3v) is 4.23. The number of benzene rings is 2. The van der Waals surface area contributed by atoms with Gasteiger partial charge in [-0.25, -0.2) is 0 Å². The highest BCUT2D eigenvalue weighted by Crippen LogP contribution is 2.49. The van der Waals surface area contributed by atoms with Gasteiger partial charge in [-0.15, -0.1) is 0 Å². The average Bonchev–Trinajstić information content (AvgIpc) is 2.78. The fourth-order valence-electron chi connectivity index (χ4n) is 2.98. The molecule has 0 fully saturated rings. The fourth-order valence-corrected chi connectivity index (χ4v) is 2.98. The van der Waals surface area contributed by atoms with E-state index in [0.717, 1.165) is 6.42 Å². The van der Waals surface area contributed by atoms with Crippen molar-refractivity contribution in [3.63, 3.8) is 0 Å². The van der Waals surface area contributed by atoms with E-state index in [1.807, 2.05) is 0 Å². The Kier molecular flexibility index (Phi) is 2.87. The Morgan fingerprint density at radius 3 is 2.11 bits per heavy atom. The minimum atomic E-state index is -0.0669. The molecule has 0 saturated carbocycles. The molecule has 2 aromatic rings. The predicted molar refractivity (Wildman–Crippen MR) is 82.0 cm³/mol. The van der Waals surface area contributed by atoms with E-state index in [-0.39, 0.29) is 5.41 Å². The van der Waals surface area contributed by atoms with E-state index >= 15 is 0 Å². The van der Waals surface area contributed by atoms with Crippen molar-refractivity contribution in [1.29, 1.82) is 0 Å². The standard InChI is InChI=1S/C19H18/c1-15-13-14-18(16-9-5-3-6-10-16)19(15,2)17-11-7-4-8-12-17/h3-12,14H,1,13H2,2H3. The van der Waals surface area contributed by atoms with E-state index < -0.39 is 0 Å². The Bertz CT molecular complexity index is 620. The monoisotopic (exact) mass is 246 g/mol. The van der Waals surface area contributed by atoms with Gasteiger partial charge < -0.3 is 0 Å². The quantitative estimate of drug-likeness (QED) is 0.655. The first-order valence-corrected chi connectivity index (χ1v) is 6.73. The molecule has 0 N–H and O–H groups in total. The predicted octanol–water partition coefficient (Wildman–Crippen LogP) is 4.99. The normalized spacial score (nSPS) is 22.4. The molecular formula is C19H18. The van der Waals surface area contributed by atoms with Crippen molar-refractivity contribution in [1.82, 2.24) is 0 Å². The largest absolute Gasteiger partial charge is 0.0983 e. The second kappa shape index (κ2) is 4.55. The molecular weight excluding hydrogens is 228 g/mol. The highest BCUT2D eigenvalue weighted by atomic mass is 14.4. The average molecular weight is 246 g/mol. The Labute approximate surface area is 115 Å². The number of hydrogen-bond acceptors (Lipinski definition) is 0. The summed E-state index contributed by atoms with van der Waals surface area (Å²) in [6.45, 7) is 6.60. The summed E-state index contributed by atoms with van der Waals surface area (Å²) in [7, 11) is 0. The Morgan fingerprint density at radius 2 is 1.47 bits per heavy atom. The van der Waals surface area contributed by atoms with Crippen molar-refractivity contribution >= 4 is 5.57 Å². The first-order valence-electron chi connectivity index (χ1n) is 6.73. The zero-order valence-corrected chi connectivity index (χ0v) is 11.3. The summed E-state index contributed by atoms with van der Waals surface area (Å²) in [6, 6.07) is 21.3. The fraction of sp³-hybridized carbons (Fsp3) is 0.158. The van der Waals surface area contributed by atoms with Crippen LogP contribution in [0.25, 0.3) is 5.57 Å². The van der Waals surface area contributed by atoms with Crippen molar-refractivity contribution in [2.75, 3.05) is 0 Å². The van der Waals surface area contributed by atoms with Crippen LogP contribution in [0.1, 0.15) is 24.5 Å². The van der Waals surface area contributed by atoms with E-state index in [1.165, 1.54) is 22.3 Å². The van der Waals surface area contributed by atoms with Crippen LogP contribution in [0.4, 0.5) is 0 Å². The Hall–Kier alpha value is -2.08. The number of hydrogen-bond donors (Lipinski definition) is 0. The lowest BCUT2D eigenvalue weighted by molar-refractivity contribution is 0.739. The van der Waals surface area contributed by atoms with Gasteiger partial charge in [-0.3, -0.25) is 0 Å². The van der Waals surface area contributed by atoms with Gasteiger partial charge in [0, 0.05) is 5.41 Å². The highest BCUT2D eigenvalue weighted by molar-refractivity contribution is 5.81. The molecule has 0 nitrogen and oxygen atoms in total. The van der Waals surface area contributed by atoms with Crippen molar-refractivity contribution in [3.8, 4) is 0 Å². The summed E-state index contributed by atoms with van der Waals surface area (Å²) in [5.74, 6) is 0. The second-order valence-corrected chi connectivity index (χ2v) is 5.28. The molecule has 1 aliphatic carbocycles. The summed E-state index contributed by atoms with van der Waals surface area (Å²) >= 11 is 0. The summed E-state index contributed by atoms with van der Waals surface area (Å²) < 4.78 is 0. The highest BCUT2D eigenvalue weighted by Gasteiger charge is 2.37. The van der Waals surface area contributed by atoms with E-state index in [9.17, 15) is 0 Å². The molecule has 0 heterocycles. The van der Waals surface area contributed by atoms with Gasteiger partial charge in [0.2, 0.25) is 0 Å². The number of rotatable bonds is 2. The van der Waals surface area contributed by atoms with Crippen LogP contribution in [0.3, 0.4) is 0 Å². The maximum atomic E-state index is 4.31. The molecule has 1 unspecified atom stereocenters. The maximum absolute atomic E-state index is 4.31. The van der Waals surface area contributed by atoms with Gasteiger partial charge in [-0.1, -0.05) is 78.9 Å². The third kappa shape index (κ3) is 1.84. The molecule has 94 valence electrons. The Balaban J connectivity index is 2.13. The smallest absolute Gasteiger partial charge is 0.0386 e. The molecule has 19 heavy (non-hydrogen) atoms. The Morgan fingerprint density at radius 1 is 0.895 bits per heavy atom. The summed E-state index contributed by atoms with van der Waals surface area (Å²) in [6.07, 6.45) is 3.29. The molecule has 1 atom stereocenters. The molecule has 0 aromatic heterocycles. The molecule has 0 radical (unpaired) electrons. The molecule has 3 rings (SSSR count). The first kappa shape index (κ1) is 12.0. The van der Waals surface area contributed by atoms with Gasteiger partial charge in [0.15, 0.2) is 0 Å². The molecule has 0 heteroatoms. The van der Waals surface area contributed by atoms with Crippen LogP contribution in [-0.2, 0) is 5.41 Å². The van der Waals surface area contributed by atoms with Crippen molar-refractivity contribution in [2.45, 2.75) is 18.8 Å². The zero-order chi connectivity index (χ0) is 13.3. The van der Waals surface area contributed by atoms with Gasteiger partial charge in [0.25, 0.3) is 0 Å². The molecule has 2 aromatic carbocycles. The molecule has 0 amide bonds. The minimum Gasteiger partial charge on any atom is -0.0983 e. The minimum absolute atomic E-state index is 0.0669. The van der Waals surface area contributed by atoms with E-state index in [0.29, 0.717) is 0 Å². The zero-order valence-electron chi connectivity index (χ0n) is 11.3. The van der Waals surface area contributed by atoms with Crippen LogP contribution >= 0.6 is 0 Å². The third-order valence-electron chi connectivity index (χ3n) is 4.23. The van der Waals surface area contributed by atoms with E-state index in [2.05, 4.69) is 80.2 Å². The summed E-state index contributed by atoms with van der Waals surface area (Å²) in [4.78, 5) is 0. The van der Waals surface area contributed by atoms with Crippen LogP contribution < -0.4 is 0 Å². The molecule has 0 bridgehead atoms. The van der Waals surface area contributed by atoms with E-state index in [4.69, 9.17) is 0 Å². The molecule has 0 spiro atoms. The molecule has 0 aliphatic heterocycles. The van der Waals surface area contributed by atoms with Crippen LogP contribution in [0, 0.1) is 0 Å². The lowest BCUT2D eigenvalue weighted by Crippen LogP contribution is -2.22. The SMILES string of the molecule is C=C1CC=C(c2ccccc2)C1(C)c1ccccc1. The summed E-state index contributed by atoms with van der Waals surface area (Å²) in [5, 5.41) is 0. The lowest BCUT2D eigenvalue weighted by Gasteiger charge is -2.31. The van der Waals surface area contributed by atoms with Crippen LogP contribution in [0.2, 0.25) is 0 Å². The van der Waals surface area contributed by atoms with Crippen LogP contribution in [-0.4, -0.2) is 0 Å². The van der Waals surface area contributed by atoms with Crippen LogP contribution in [0.15, 0.2) is 78.9 Å². The van der Waals surface area contributed by atoms with Gasteiger partial charge in [-0.05, 0) is 30.0 Å². The summed E-state index contributed by atoms with van der Waals surface area (Å²) in [5.41, 5.74) is 5.21. The molecule has 0 saturated heterocycles. The van der Waals surface area contributed by atoms with E-state index in [1.54, 1.807) is 0 Å². The van der Waals surface area contributed by atoms with Gasteiger partial charge in [0.05, 0.1) is 0 Å². The van der Waals surface area contributed by atoms with Crippen molar-refractivity contribution < 1.29 is 0 Å². The lowest BCUT2D eigenvalue weighted by atomic mass is 9.72.